The van der Waals surface area contributed by atoms with Crippen LogP contribution in [0.4, 0.5) is 0 Å². The molecule has 0 aliphatic heterocycles. The molecular formula is C11H23NO2. The summed E-state index contributed by atoms with van der Waals surface area (Å²) in [6.07, 6.45) is 2.19. The zero-order valence-corrected chi connectivity index (χ0v) is 9.96. The van der Waals surface area contributed by atoms with Crippen LogP contribution in [0.25, 0.3) is 0 Å². The van der Waals surface area contributed by atoms with Crippen LogP contribution in [0.3, 0.4) is 0 Å². The third-order valence-electron chi connectivity index (χ3n) is 3.25. The minimum absolute atomic E-state index is 0.205. The number of methoxy groups -OCH3 is 1. The second-order valence-electron chi connectivity index (χ2n) is 4.51. The number of esters is 1. The fourth-order valence-corrected chi connectivity index (χ4v) is 1.54. The number of rotatable bonds is 5. The van der Waals surface area contributed by atoms with Crippen LogP contribution in [0.2, 0.25) is 0 Å². The number of carbonyl (C=O) groups excluding carboxylic acids is 1. The molecule has 0 aliphatic rings. The molecule has 0 fully saturated rings. The maximum absolute atomic E-state index is 11.3. The monoisotopic (exact) mass is 201 g/mol. The van der Waals surface area contributed by atoms with Gasteiger partial charge in [0.1, 0.15) is 6.04 Å². The lowest BCUT2D eigenvalue weighted by Crippen LogP contribution is -2.48. The Morgan fingerprint density at radius 3 is 2.36 bits per heavy atom. The molecule has 3 heteroatoms. The molecule has 0 amide bonds. The van der Waals surface area contributed by atoms with Gasteiger partial charge in [-0.3, -0.25) is 4.79 Å². The summed E-state index contributed by atoms with van der Waals surface area (Å²) in [6, 6.07) is -0.533. The topological polar surface area (TPSA) is 52.3 Å². The van der Waals surface area contributed by atoms with Crippen molar-refractivity contribution in [3.05, 3.63) is 0 Å². The summed E-state index contributed by atoms with van der Waals surface area (Å²) in [4.78, 5) is 11.3. The molecule has 0 aromatic rings. The Balaban J connectivity index is 4.50. The van der Waals surface area contributed by atoms with E-state index in [9.17, 15) is 4.79 Å². The summed E-state index contributed by atoms with van der Waals surface area (Å²) in [6.45, 7) is 8.31. The van der Waals surface area contributed by atoms with Gasteiger partial charge in [0.2, 0.25) is 0 Å². The van der Waals surface area contributed by atoms with Gasteiger partial charge in [0.05, 0.1) is 7.11 Å². The highest BCUT2D eigenvalue weighted by atomic mass is 16.5. The maximum Gasteiger partial charge on any atom is 0.323 e. The zero-order valence-electron chi connectivity index (χ0n) is 9.96. The molecule has 0 aromatic carbocycles. The highest BCUT2D eigenvalue weighted by Crippen LogP contribution is 2.33. The van der Waals surface area contributed by atoms with Crippen LogP contribution < -0.4 is 5.73 Å². The smallest absolute Gasteiger partial charge is 0.323 e. The highest BCUT2D eigenvalue weighted by Gasteiger charge is 2.36. The molecule has 0 rings (SSSR count). The van der Waals surface area contributed by atoms with Gasteiger partial charge in [-0.2, -0.15) is 0 Å². The number of hydrogen-bond acceptors (Lipinski definition) is 3. The van der Waals surface area contributed by atoms with Crippen molar-refractivity contribution in [3.63, 3.8) is 0 Å². The van der Waals surface area contributed by atoms with E-state index in [1.807, 2.05) is 13.8 Å². The van der Waals surface area contributed by atoms with Crippen molar-refractivity contribution in [1.82, 2.24) is 0 Å². The first kappa shape index (κ1) is 13.4. The van der Waals surface area contributed by atoms with Crippen molar-refractivity contribution in [1.29, 1.82) is 0 Å². The van der Waals surface area contributed by atoms with Crippen molar-refractivity contribution in [3.8, 4) is 0 Å². The van der Waals surface area contributed by atoms with Gasteiger partial charge in [-0.25, -0.2) is 0 Å². The summed E-state index contributed by atoms with van der Waals surface area (Å²) in [5, 5.41) is 0. The third-order valence-corrected chi connectivity index (χ3v) is 3.25. The van der Waals surface area contributed by atoms with Crippen LogP contribution >= 0.6 is 0 Å². The van der Waals surface area contributed by atoms with Crippen LogP contribution in [0, 0.1) is 11.3 Å². The summed E-state index contributed by atoms with van der Waals surface area (Å²) in [5.41, 5.74) is 5.66. The Morgan fingerprint density at radius 2 is 2.00 bits per heavy atom. The average molecular weight is 201 g/mol. The Morgan fingerprint density at radius 1 is 1.50 bits per heavy atom. The standard InChI is InChI=1S/C11H23NO2/c1-6-7-8(2)11(3,4)9(12)10(13)14-5/h8-9H,6-7,12H2,1-5H3. The lowest BCUT2D eigenvalue weighted by atomic mass is 9.72. The first-order valence-electron chi connectivity index (χ1n) is 5.21. The van der Waals surface area contributed by atoms with E-state index in [-0.39, 0.29) is 11.4 Å². The normalized spacial score (nSPS) is 16.1. The largest absolute Gasteiger partial charge is 0.468 e. The molecule has 14 heavy (non-hydrogen) atoms. The van der Waals surface area contributed by atoms with Gasteiger partial charge in [0, 0.05) is 0 Å². The van der Waals surface area contributed by atoms with E-state index in [1.54, 1.807) is 0 Å². The van der Waals surface area contributed by atoms with Gasteiger partial charge >= 0.3 is 5.97 Å². The Hall–Kier alpha value is -0.570. The van der Waals surface area contributed by atoms with Crippen molar-refractivity contribution in [2.75, 3.05) is 7.11 Å². The van der Waals surface area contributed by atoms with Gasteiger partial charge < -0.3 is 10.5 Å². The third kappa shape index (κ3) is 2.98. The van der Waals surface area contributed by atoms with Gasteiger partial charge in [-0.15, -0.1) is 0 Å². The van der Waals surface area contributed by atoms with Crippen molar-refractivity contribution < 1.29 is 9.53 Å². The van der Waals surface area contributed by atoms with E-state index < -0.39 is 6.04 Å². The first-order chi connectivity index (χ1) is 6.37. The predicted molar refractivity (Wildman–Crippen MR) is 57.8 cm³/mol. The zero-order chi connectivity index (χ0) is 11.4. The van der Waals surface area contributed by atoms with E-state index in [1.165, 1.54) is 7.11 Å². The first-order valence-corrected chi connectivity index (χ1v) is 5.21. The van der Waals surface area contributed by atoms with Crippen LogP contribution in [-0.2, 0) is 9.53 Å². The summed E-state index contributed by atoms with van der Waals surface area (Å²) >= 11 is 0. The lowest BCUT2D eigenvalue weighted by molar-refractivity contribution is -0.146. The van der Waals surface area contributed by atoms with E-state index in [2.05, 4.69) is 18.6 Å². The molecule has 0 aromatic heterocycles. The van der Waals surface area contributed by atoms with Gasteiger partial charge in [-0.1, -0.05) is 40.5 Å². The molecule has 0 aliphatic carbocycles. The number of carbonyl (C=O) groups is 1. The molecular weight excluding hydrogens is 178 g/mol. The molecule has 0 spiro atoms. The summed E-state index contributed by atoms with van der Waals surface area (Å²) < 4.78 is 4.66. The summed E-state index contributed by atoms with van der Waals surface area (Å²) in [5.74, 6) is 0.0968. The Kier molecular flexibility index (Phi) is 5.13. The fourth-order valence-electron chi connectivity index (χ4n) is 1.54. The predicted octanol–water partition coefficient (Wildman–Crippen LogP) is 1.95. The average Bonchev–Trinajstić information content (AvgIpc) is 2.15. The van der Waals surface area contributed by atoms with Gasteiger partial charge in [0.15, 0.2) is 0 Å². The van der Waals surface area contributed by atoms with E-state index in [0.717, 1.165) is 12.8 Å². The molecule has 0 saturated carbocycles. The van der Waals surface area contributed by atoms with Crippen molar-refractivity contribution in [2.45, 2.75) is 46.6 Å². The van der Waals surface area contributed by atoms with Crippen LogP contribution in [0.1, 0.15) is 40.5 Å². The van der Waals surface area contributed by atoms with E-state index >= 15 is 0 Å². The molecule has 2 N–H and O–H groups in total. The quantitative estimate of drug-likeness (QED) is 0.692. The molecule has 0 bridgehead atoms. The minimum Gasteiger partial charge on any atom is -0.468 e. The van der Waals surface area contributed by atoms with Gasteiger partial charge in [-0.05, 0) is 11.3 Å². The molecule has 2 atom stereocenters. The highest BCUT2D eigenvalue weighted by molar-refractivity contribution is 5.76. The lowest BCUT2D eigenvalue weighted by Gasteiger charge is -2.35. The minimum atomic E-state index is -0.533. The van der Waals surface area contributed by atoms with Crippen LogP contribution in [0.15, 0.2) is 0 Å². The molecule has 0 saturated heterocycles. The Labute approximate surface area is 87.0 Å². The number of nitrogens with two attached hydrogens (primary N) is 1. The number of ether oxygens (including phenoxy) is 1. The summed E-state index contributed by atoms with van der Waals surface area (Å²) in [7, 11) is 1.38. The SMILES string of the molecule is CCCC(C)C(C)(C)C(N)C(=O)OC. The fraction of sp³-hybridized carbons (Fsp3) is 0.909. The van der Waals surface area contributed by atoms with Crippen molar-refractivity contribution >= 4 is 5.97 Å². The molecule has 3 nitrogen and oxygen atoms in total. The van der Waals surface area contributed by atoms with Crippen LogP contribution in [-0.4, -0.2) is 19.1 Å². The second-order valence-corrected chi connectivity index (χ2v) is 4.51. The van der Waals surface area contributed by atoms with Gasteiger partial charge in [0.25, 0.3) is 0 Å². The molecule has 2 unspecified atom stereocenters. The van der Waals surface area contributed by atoms with Crippen LogP contribution in [0.5, 0.6) is 0 Å². The molecule has 0 heterocycles. The molecule has 84 valence electrons. The molecule has 0 radical (unpaired) electrons. The van der Waals surface area contributed by atoms with E-state index in [4.69, 9.17) is 5.73 Å². The van der Waals surface area contributed by atoms with E-state index in [0.29, 0.717) is 5.92 Å². The maximum atomic E-state index is 11.3. The second kappa shape index (κ2) is 5.35. The Bertz CT molecular complexity index is 190. The van der Waals surface area contributed by atoms with Crippen molar-refractivity contribution in [2.24, 2.45) is 17.1 Å². The number of hydrogen-bond donors (Lipinski definition) is 1.